The summed E-state index contributed by atoms with van der Waals surface area (Å²) in [6, 6.07) is 2.10. The maximum absolute atomic E-state index is 12.7. The van der Waals surface area contributed by atoms with Crippen molar-refractivity contribution < 1.29 is 32.2 Å². The van der Waals surface area contributed by atoms with Gasteiger partial charge in [0.15, 0.2) is 0 Å². The Morgan fingerprint density at radius 3 is 2.54 bits per heavy atom. The normalized spacial score (nSPS) is 16.0. The summed E-state index contributed by atoms with van der Waals surface area (Å²) in [6.07, 6.45) is -4.87. The number of halogens is 5. The van der Waals surface area contributed by atoms with Crippen LogP contribution < -0.4 is 10.5 Å². The van der Waals surface area contributed by atoms with E-state index in [1.165, 1.54) is 11.8 Å². The van der Waals surface area contributed by atoms with Crippen LogP contribution >= 0.6 is 34.5 Å². The summed E-state index contributed by atoms with van der Waals surface area (Å²) in [5.74, 6) is -1.42. The summed E-state index contributed by atoms with van der Waals surface area (Å²) >= 11 is 13.2. The van der Waals surface area contributed by atoms with Crippen LogP contribution in [0.15, 0.2) is 12.1 Å². The number of esters is 1. The molecule has 0 saturated carbocycles. The molecule has 2 aromatic rings. The Bertz CT molecular complexity index is 957. The van der Waals surface area contributed by atoms with Gasteiger partial charge in [-0.15, -0.1) is 24.5 Å². The average molecular weight is 457 g/mol. The highest BCUT2D eigenvalue weighted by atomic mass is 35.5. The maximum atomic E-state index is 12.7. The first-order valence-corrected chi connectivity index (χ1v) is 9.34. The summed E-state index contributed by atoms with van der Waals surface area (Å²) in [4.78, 5) is 25.1. The lowest BCUT2D eigenvalue weighted by atomic mass is 9.92. The van der Waals surface area contributed by atoms with Crippen molar-refractivity contribution in [2.24, 2.45) is 5.73 Å². The number of carbonyl (C=O) groups excluding carboxylic acids is 2. The summed E-state index contributed by atoms with van der Waals surface area (Å²) in [5.41, 5.74) is 5.18. The number of thiophene rings is 1. The van der Waals surface area contributed by atoms with Crippen molar-refractivity contribution in [1.82, 2.24) is 4.90 Å². The minimum Gasteiger partial charge on any atom is -0.464 e. The molecule has 152 valence electrons. The van der Waals surface area contributed by atoms with Gasteiger partial charge in [-0.3, -0.25) is 9.59 Å². The molecule has 28 heavy (non-hydrogen) atoms. The zero-order chi connectivity index (χ0) is 20.9. The number of alkyl halides is 3. The predicted molar refractivity (Wildman–Crippen MR) is 98.0 cm³/mol. The molecule has 1 amide bonds. The fourth-order valence-electron chi connectivity index (χ4n) is 2.79. The number of nitrogens with two attached hydrogens (primary N) is 1. The van der Waals surface area contributed by atoms with Crippen molar-refractivity contribution in [3.05, 3.63) is 27.1 Å². The fraction of sp³-hybridized carbons (Fsp3) is 0.375. The molecule has 0 radical (unpaired) electrons. The van der Waals surface area contributed by atoms with E-state index in [0.29, 0.717) is 0 Å². The summed E-state index contributed by atoms with van der Waals surface area (Å²) in [6.45, 7) is 1.50. The van der Waals surface area contributed by atoms with E-state index in [-0.39, 0.29) is 44.7 Å². The van der Waals surface area contributed by atoms with Gasteiger partial charge in [-0.2, -0.15) is 0 Å². The second-order valence-corrected chi connectivity index (χ2v) is 8.21. The van der Waals surface area contributed by atoms with Gasteiger partial charge in [0.05, 0.1) is 15.6 Å². The molecule has 2 heterocycles. The monoisotopic (exact) mass is 456 g/mol. The van der Waals surface area contributed by atoms with Gasteiger partial charge in [0, 0.05) is 30.1 Å². The van der Waals surface area contributed by atoms with E-state index < -0.39 is 29.5 Å². The molecule has 0 aliphatic carbocycles. The number of carbonyl (C=O) groups is 2. The molecule has 1 aliphatic rings. The van der Waals surface area contributed by atoms with Gasteiger partial charge in [-0.1, -0.05) is 23.2 Å². The molecule has 0 bridgehead atoms. The Morgan fingerprint density at radius 1 is 1.32 bits per heavy atom. The van der Waals surface area contributed by atoms with E-state index in [2.05, 4.69) is 4.74 Å². The van der Waals surface area contributed by atoms with Crippen molar-refractivity contribution in [2.45, 2.75) is 18.8 Å². The number of hydrogen-bond acceptors (Lipinski definition) is 6. The van der Waals surface area contributed by atoms with Crippen LogP contribution in [0.25, 0.3) is 10.1 Å². The zero-order valence-corrected chi connectivity index (χ0v) is 16.6. The van der Waals surface area contributed by atoms with Crippen molar-refractivity contribution >= 4 is 56.5 Å². The van der Waals surface area contributed by atoms with Crippen LogP contribution in [0.4, 0.5) is 13.2 Å². The number of benzene rings is 1. The Hall–Kier alpha value is -1.75. The first-order chi connectivity index (χ1) is 12.9. The Morgan fingerprint density at radius 2 is 1.96 bits per heavy atom. The van der Waals surface area contributed by atoms with E-state index in [9.17, 15) is 22.8 Å². The third kappa shape index (κ3) is 4.29. The molecule has 6 nitrogen and oxygen atoms in total. The number of likely N-dealkylation sites (tertiary alicyclic amines) is 1. The number of fused-ring (bicyclic) bond motifs is 1. The van der Waals surface area contributed by atoms with Crippen LogP contribution in [-0.2, 0) is 9.53 Å². The molecule has 3 rings (SSSR count). The third-order valence-electron chi connectivity index (χ3n) is 3.95. The largest absolute Gasteiger partial charge is 0.573 e. The SMILES string of the molecule is CC(=O)OCC1(N)CN(C(=O)c2sc3cc(OC(F)(F)F)cc(Cl)c3c2Cl)C1. The fourth-order valence-corrected chi connectivity index (χ4v) is 4.77. The predicted octanol–water partition coefficient (Wildman–Crippen LogP) is 3.82. The van der Waals surface area contributed by atoms with Crippen LogP contribution in [0.5, 0.6) is 5.75 Å². The molecular formula is C16H13Cl2F3N2O4S. The van der Waals surface area contributed by atoms with Crippen molar-refractivity contribution in [2.75, 3.05) is 19.7 Å². The van der Waals surface area contributed by atoms with Crippen molar-refractivity contribution in [3.63, 3.8) is 0 Å². The second-order valence-electron chi connectivity index (χ2n) is 6.38. The topological polar surface area (TPSA) is 81.9 Å². The number of ether oxygens (including phenoxy) is 2. The van der Waals surface area contributed by atoms with Crippen LogP contribution in [-0.4, -0.2) is 48.4 Å². The lowest BCUT2D eigenvalue weighted by Gasteiger charge is -2.46. The van der Waals surface area contributed by atoms with Crippen LogP contribution in [0, 0.1) is 0 Å². The van der Waals surface area contributed by atoms with E-state index in [1.807, 2.05) is 0 Å². The third-order valence-corrected chi connectivity index (χ3v) is 5.86. The number of rotatable bonds is 4. The maximum Gasteiger partial charge on any atom is 0.573 e. The van der Waals surface area contributed by atoms with Gasteiger partial charge in [0.1, 0.15) is 17.2 Å². The molecule has 1 aliphatic heterocycles. The quantitative estimate of drug-likeness (QED) is 0.707. The molecule has 1 aromatic carbocycles. The van der Waals surface area contributed by atoms with Crippen molar-refractivity contribution in [3.8, 4) is 5.75 Å². The second kappa shape index (κ2) is 7.25. The van der Waals surface area contributed by atoms with Crippen LogP contribution in [0.1, 0.15) is 16.6 Å². The van der Waals surface area contributed by atoms with E-state index >= 15 is 0 Å². The number of nitrogens with zero attached hydrogens (tertiary/aromatic N) is 1. The minimum atomic E-state index is -4.87. The smallest absolute Gasteiger partial charge is 0.464 e. The first-order valence-electron chi connectivity index (χ1n) is 7.77. The van der Waals surface area contributed by atoms with Crippen LogP contribution in [0.3, 0.4) is 0 Å². The summed E-state index contributed by atoms with van der Waals surface area (Å²) in [7, 11) is 0. The molecule has 1 saturated heterocycles. The highest BCUT2D eigenvalue weighted by molar-refractivity contribution is 7.21. The van der Waals surface area contributed by atoms with Crippen molar-refractivity contribution in [1.29, 1.82) is 0 Å². The average Bonchev–Trinajstić information content (AvgIpc) is 2.85. The van der Waals surface area contributed by atoms with Gasteiger partial charge in [-0.25, -0.2) is 0 Å². The van der Waals surface area contributed by atoms with Gasteiger partial charge >= 0.3 is 12.3 Å². The summed E-state index contributed by atoms with van der Waals surface area (Å²) < 4.78 is 46.3. The van der Waals surface area contributed by atoms with E-state index in [1.54, 1.807) is 0 Å². The lowest BCUT2D eigenvalue weighted by molar-refractivity contribution is -0.274. The molecule has 0 atom stereocenters. The number of hydrogen-bond donors (Lipinski definition) is 1. The first kappa shape index (κ1) is 21.0. The highest BCUT2D eigenvalue weighted by Crippen LogP contribution is 2.43. The standard InChI is InChI=1S/C16H13Cl2F3N2O4S/c1-7(24)26-6-15(22)4-23(5-15)14(25)13-12(18)11-9(17)2-8(3-10(11)28-13)27-16(19,20)21/h2-3H,4-6,22H2,1H3. The van der Waals surface area contributed by atoms with Gasteiger partial charge in [0.2, 0.25) is 0 Å². The van der Waals surface area contributed by atoms with Crippen LogP contribution in [0.2, 0.25) is 10.0 Å². The number of amides is 1. The van der Waals surface area contributed by atoms with Gasteiger partial charge < -0.3 is 20.1 Å². The Kier molecular flexibility index (Phi) is 5.43. The lowest BCUT2D eigenvalue weighted by Crippen LogP contribution is -2.70. The zero-order valence-electron chi connectivity index (χ0n) is 14.2. The summed E-state index contributed by atoms with van der Waals surface area (Å²) in [5, 5.41) is 0.248. The van der Waals surface area contributed by atoms with Gasteiger partial charge in [-0.05, 0) is 12.1 Å². The molecule has 1 aromatic heterocycles. The van der Waals surface area contributed by atoms with E-state index in [4.69, 9.17) is 33.7 Å². The van der Waals surface area contributed by atoms with Gasteiger partial charge in [0.25, 0.3) is 5.91 Å². The highest BCUT2D eigenvalue weighted by Gasteiger charge is 2.44. The molecule has 0 spiro atoms. The molecule has 1 fully saturated rings. The molecular weight excluding hydrogens is 444 g/mol. The molecule has 12 heteroatoms. The Labute approximate surface area is 170 Å². The minimum absolute atomic E-state index is 0.0315. The molecule has 2 N–H and O–H groups in total. The molecule has 0 unspecified atom stereocenters. The Balaban J connectivity index is 1.82. The van der Waals surface area contributed by atoms with E-state index in [0.717, 1.165) is 23.5 Å².